The van der Waals surface area contributed by atoms with Gasteiger partial charge in [-0.25, -0.2) is 4.68 Å². The lowest BCUT2D eigenvalue weighted by atomic mass is 10.1. The van der Waals surface area contributed by atoms with E-state index in [2.05, 4.69) is 56.7 Å². The second kappa shape index (κ2) is 6.85. The van der Waals surface area contributed by atoms with Gasteiger partial charge in [0.25, 0.3) is 5.56 Å². The molecule has 2 rings (SSSR count). The van der Waals surface area contributed by atoms with Crippen LogP contribution in [0.2, 0.25) is 0 Å². The van der Waals surface area contributed by atoms with E-state index in [-0.39, 0.29) is 11.6 Å². The van der Waals surface area contributed by atoms with Crippen molar-refractivity contribution in [1.29, 1.82) is 0 Å². The molecule has 20 heavy (non-hydrogen) atoms. The van der Waals surface area contributed by atoms with Crippen LogP contribution >= 0.6 is 27.3 Å². The lowest BCUT2D eigenvalue weighted by Crippen LogP contribution is -2.26. The SMILES string of the molecule is C=CCn1ncc(NC(C)Cc2ccsc2)c(Br)c1=O. The fraction of sp³-hybridized carbons (Fsp3) is 0.286. The Morgan fingerprint density at radius 1 is 1.65 bits per heavy atom. The summed E-state index contributed by atoms with van der Waals surface area (Å²) in [5, 5.41) is 11.6. The molecule has 0 saturated carbocycles. The third-order valence-electron chi connectivity index (χ3n) is 2.81. The van der Waals surface area contributed by atoms with Gasteiger partial charge in [0.1, 0.15) is 4.47 Å². The summed E-state index contributed by atoms with van der Waals surface area (Å²) in [7, 11) is 0. The summed E-state index contributed by atoms with van der Waals surface area (Å²) in [5.41, 5.74) is 1.86. The summed E-state index contributed by atoms with van der Waals surface area (Å²) in [5.74, 6) is 0. The molecular formula is C14H16BrN3OS. The van der Waals surface area contributed by atoms with Crippen molar-refractivity contribution < 1.29 is 0 Å². The smallest absolute Gasteiger partial charge is 0.283 e. The van der Waals surface area contributed by atoms with Gasteiger partial charge in [0.15, 0.2) is 0 Å². The summed E-state index contributed by atoms with van der Waals surface area (Å²) in [6.45, 7) is 6.10. The molecule has 1 atom stereocenters. The minimum Gasteiger partial charge on any atom is -0.380 e. The Labute approximate surface area is 130 Å². The molecule has 0 aliphatic heterocycles. The van der Waals surface area contributed by atoms with Gasteiger partial charge in [0, 0.05) is 6.04 Å². The maximum atomic E-state index is 12.0. The number of hydrogen-bond donors (Lipinski definition) is 1. The Hall–Kier alpha value is -1.40. The number of nitrogens with one attached hydrogen (secondary N) is 1. The lowest BCUT2D eigenvalue weighted by Gasteiger charge is -2.16. The molecule has 0 spiro atoms. The first-order valence-electron chi connectivity index (χ1n) is 6.26. The number of halogens is 1. The molecule has 4 nitrogen and oxygen atoms in total. The lowest BCUT2D eigenvalue weighted by molar-refractivity contribution is 0.647. The topological polar surface area (TPSA) is 46.9 Å². The maximum Gasteiger partial charge on any atom is 0.283 e. The molecule has 0 aromatic carbocycles. The van der Waals surface area contributed by atoms with Gasteiger partial charge in [-0.05, 0) is 51.7 Å². The molecule has 0 radical (unpaired) electrons. The standard InChI is InChI=1S/C14H16BrN3OS/c1-3-5-18-14(19)13(15)12(8-16-18)17-10(2)7-11-4-6-20-9-11/h3-4,6,8-10,17H,1,5,7H2,2H3. The van der Waals surface area contributed by atoms with Crippen LogP contribution in [0.1, 0.15) is 12.5 Å². The average molecular weight is 354 g/mol. The Balaban J connectivity index is 2.11. The van der Waals surface area contributed by atoms with Crippen molar-refractivity contribution in [1.82, 2.24) is 9.78 Å². The fourth-order valence-corrected chi connectivity index (χ4v) is 3.00. The van der Waals surface area contributed by atoms with Gasteiger partial charge in [-0.3, -0.25) is 4.79 Å². The molecule has 6 heteroatoms. The zero-order valence-electron chi connectivity index (χ0n) is 11.2. The summed E-state index contributed by atoms with van der Waals surface area (Å²) in [4.78, 5) is 12.0. The van der Waals surface area contributed by atoms with E-state index in [1.807, 2.05) is 0 Å². The van der Waals surface area contributed by atoms with Crippen molar-refractivity contribution in [2.24, 2.45) is 0 Å². The van der Waals surface area contributed by atoms with Crippen LogP contribution in [0.25, 0.3) is 0 Å². The summed E-state index contributed by atoms with van der Waals surface area (Å²) in [6.07, 6.45) is 4.22. The minimum atomic E-state index is -0.155. The molecular weight excluding hydrogens is 338 g/mol. The summed E-state index contributed by atoms with van der Waals surface area (Å²) >= 11 is 5.03. The Morgan fingerprint density at radius 2 is 2.45 bits per heavy atom. The van der Waals surface area contributed by atoms with Gasteiger partial charge >= 0.3 is 0 Å². The second-order valence-corrected chi connectivity index (χ2v) is 6.10. The molecule has 106 valence electrons. The monoisotopic (exact) mass is 353 g/mol. The second-order valence-electron chi connectivity index (χ2n) is 4.53. The number of allylic oxidation sites excluding steroid dienone is 1. The molecule has 2 heterocycles. The number of hydrogen-bond acceptors (Lipinski definition) is 4. The molecule has 1 unspecified atom stereocenters. The zero-order valence-corrected chi connectivity index (χ0v) is 13.6. The van der Waals surface area contributed by atoms with Crippen LogP contribution in [0.3, 0.4) is 0 Å². The number of anilines is 1. The van der Waals surface area contributed by atoms with Crippen molar-refractivity contribution in [3.05, 3.63) is 56.1 Å². The first-order valence-corrected chi connectivity index (χ1v) is 7.99. The van der Waals surface area contributed by atoms with E-state index in [1.165, 1.54) is 10.2 Å². The third kappa shape index (κ3) is 3.58. The Morgan fingerprint density at radius 3 is 3.10 bits per heavy atom. The van der Waals surface area contributed by atoms with Gasteiger partial charge in [0.05, 0.1) is 18.4 Å². The number of thiophene rings is 1. The largest absolute Gasteiger partial charge is 0.380 e. The van der Waals surface area contributed by atoms with Crippen molar-refractivity contribution >= 4 is 33.0 Å². The van der Waals surface area contributed by atoms with E-state index >= 15 is 0 Å². The average Bonchev–Trinajstić information content (AvgIpc) is 2.91. The van der Waals surface area contributed by atoms with Crippen molar-refractivity contribution in [2.75, 3.05) is 5.32 Å². The van der Waals surface area contributed by atoms with Crippen LogP contribution in [0.15, 0.2) is 44.9 Å². The molecule has 2 aromatic heterocycles. The van der Waals surface area contributed by atoms with E-state index in [1.54, 1.807) is 23.6 Å². The Kier molecular flexibility index (Phi) is 5.14. The van der Waals surface area contributed by atoms with Gasteiger partial charge in [-0.2, -0.15) is 16.4 Å². The number of nitrogens with zero attached hydrogens (tertiary/aromatic N) is 2. The number of rotatable bonds is 6. The number of aromatic nitrogens is 2. The van der Waals surface area contributed by atoms with E-state index in [0.29, 0.717) is 11.0 Å². The summed E-state index contributed by atoms with van der Waals surface area (Å²) < 4.78 is 1.87. The van der Waals surface area contributed by atoms with Crippen molar-refractivity contribution in [3.63, 3.8) is 0 Å². The molecule has 2 aromatic rings. The molecule has 0 bridgehead atoms. The predicted octanol–water partition coefficient (Wildman–Crippen LogP) is 3.30. The molecule has 0 fully saturated rings. The quantitative estimate of drug-likeness (QED) is 0.810. The first kappa shape index (κ1) is 15.0. The van der Waals surface area contributed by atoms with E-state index < -0.39 is 0 Å². The zero-order chi connectivity index (χ0) is 14.5. The third-order valence-corrected chi connectivity index (χ3v) is 4.31. The first-order chi connectivity index (χ1) is 9.61. The van der Waals surface area contributed by atoms with Gasteiger partial charge < -0.3 is 5.32 Å². The van der Waals surface area contributed by atoms with Crippen LogP contribution < -0.4 is 10.9 Å². The molecule has 1 N–H and O–H groups in total. The molecule has 0 aliphatic rings. The highest BCUT2D eigenvalue weighted by Gasteiger charge is 2.11. The van der Waals surface area contributed by atoms with Gasteiger partial charge in [-0.1, -0.05) is 6.08 Å². The van der Waals surface area contributed by atoms with E-state index in [4.69, 9.17) is 0 Å². The summed E-state index contributed by atoms with van der Waals surface area (Å²) in [6, 6.07) is 2.33. The van der Waals surface area contributed by atoms with Crippen molar-refractivity contribution in [3.8, 4) is 0 Å². The molecule has 0 saturated heterocycles. The Bertz CT molecular complexity index is 636. The highest BCUT2D eigenvalue weighted by Crippen LogP contribution is 2.18. The van der Waals surface area contributed by atoms with Crippen LogP contribution in [-0.4, -0.2) is 15.8 Å². The molecule has 0 amide bonds. The maximum absolute atomic E-state index is 12.0. The highest BCUT2D eigenvalue weighted by atomic mass is 79.9. The van der Waals surface area contributed by atoms with Crippen LogP contribution in [-0.2, 0) is 13.0 Å². The predicted molar refractivity (Wildman–Crippen MR) is 87.5 cm³/mol. The van der Waals surface area contributed by atoms with Gasteiger partial charge in [-0.15, -0.1) is 6.58 Å². The van der Waals surface area contributed by atoms with Crippen LogP contribution in [0.5, 0.6) is 0 Å². The fourth-order valence-electron chi connectivity index (χ4n) is 1.90. The van der Waals surface area contributed by atoms with E-state index in [0.717, 1.165) is 12.1 Å². The van der Waals surface area contributed by atoms with Gasteiger partial charge in [0.2, 0.25) is 0 Å². The van der Waals surface area contributed by atoms with Crippen LogP contribution in [0, 0.1) is 0 Å². The van der Waals surface area contributed by atoms with E-state index in [9.17, 15) is 4.79 Å². The normalized spacial score (nSPS) is 12.1. The molecule has 0 aliphatic carbocycles. The van der Waals surface area contributed by atoms with Crippen LogP contribution in [0.4, 0.5) is 5.69 Å². The minimum absolute atomic E-state index is 0.155. The highest BCUT2D eigenvalue weighted by molar-refractivity contribution is 9.10. The van der Waals surface area contributed by atoms with Crippen molar-refractivity contribution in [2.45, 2.75) is 25.9 Å².